The van der Waals surface area contributed by atoms with Crippen LogP contribution in [-0.2, 0) is 21.1 Å². The van der Waals surface area contributed by atoms with Gasteiger partial charge in [-0.2, -0.15) is 0 Å². The molecule has 0 saturated carbocycles. The van der Waals surface area contributed by atoms with Crippen molar-refractivity contribution in [2.24, 2.45) is 0 Å². The van der Waals surface area contributed by atoms with Crippen LogP contribution in [0.2, 0.25) is 0 Å². The predicted octanol–water partition coefficient (Wildman–Crippen LogP) is 0.619. The number of hydrogen-bond acceptors (Lipinski definition) is 3. The standard InChI is InChI=1S/C11H13NO3S/c1-16(14,15)10-6-9-4-2-3-5-11(9)12(7-10)8-13/h2-5,8,10H,6-7H2,1H3. The molecule has 0 aromatic heterocycles. The summed E-state index contributed by atoms with van der Waals surface area (Å²) >= 11 is 0. The summed E-state index contributed by atoms with van der Waals surface area (Å²) in [5.74, 6) is 0. The van der Waals surface area contributed by atoms with Crippen LogP contribution in [0.15, 0.2) is 24.3 Å². The maximum atomic E-state index is 11.5. The monoisotopic (exact) mass is 239 g/mol. The normalized spacial score (nSPS) is 20.3. The van der Waals surface area contributed by atoms with Crippen LogP contribution in [0.4, 0.5) is 5.69 Å². The molecular weight excluding hydrogens is 226 g/mol. The molecule has 2 rings (SSSR count). The number of amides is 1. The van der Waals surface area contributed by atoms with Crippen LogP contribution in [-0.4, -0.2) is 32.9 Å². The van der Waals surface area contributed by atoms with Gasteiger partial charge in [0.25, 0.3) is 0 Å². The molecule has 1 unspecified atom stereocenters. The van der Waals surface area contributed by atoms with Crippen molar-refractivity contribution >= 4 is 21.9 Å². The third-order valence-electron chi connectivity index (χ3n) is 2.88. The van der Waals surface area contributed by atoms with Gasteiger partial charge < -0.3 is 4.90 Å². The molecule has 16 heavy (non-hydrogen) atoms. The predicted molar refractivity (Wildman–Crippen MR) is 62.2 cm³/mol. The van der Waals surface area contributed by atoms with E-state index in [0.29, 0.717) is 12.8 Å². The molecule has 5 heteroatoms. The molecule has 1 amide bonds. The van der Waals surface area contributed by atoms with Gasteiger partial charge in [0.15, 0.2) is 9.84 Å². The second kappa shape index (κ2) is 3.90. The Hall–Kier alpha value is -1.36. The van der Waals surface area contributed by atoms with Crippen LogP contribution in [0.1, 0.15) is 5.56 Å². The van der Waals surface area contributed by atoms with Gasteiger partial charge in [-0.15, -0.1) is 0 Å². The van der Waals surface area contributed by atoms with Crippen molar-refractivity contribution in [1.82, 2.24) is 0 Å². The third-order valence-corrected chi connectivity index (χ3v) is 4.41. The van der Waals surface area contributed by atoms with Crippen molar-refractivity contribution in [3.8, 4) is 0 Å². The number of carbonyl (C=O) groups excluding carboxylic acids is 1. The number of rotatable bonds is 2. The fraction of sp³-hybridized carbons (Fsp3) is 0.364. The van der Waals surface area contributed by atoms with Gasteiger partial charge in [0.2, 0.25) is 6.41 Å². The van der Waals surface area contributed by atoms with Crippen molar-refractivity contribution in [1.29, 1.82) is 0 Å². The Morgan fingerprint density at radius 1 is 1.38 bits per heavy atom. The highest BCUT2D eigenvalue weighted by molar-refractivity contribution is 7.91. The zero-order valence-electron chi connectivity index (χ0n) is 8.96. The molecule has 0 bridgehead atoms. The number of nitrogens with zero attached hydrogens (tertiary/aromatic N) is 1. The summed E-state index contributed by atoms with van der Waals surface area (Å²) in [7, 11) is -3.11. The first kappa shape index (κ1) is 11.1. The average molecular weight is 239 g/mol. The first-order chi connectivity index (χ1) is 7.52. The molecular formula is C11H13NO3S. The van der Waals surface area contributed by atoms with Crippen molar-refractivity contribution in [2.75, 3.05) is 17.7 Å². The van der Waals surface area contributed by atoms with Crippen LogP contribution >= 0.6 is 0 Å². The van der Waals surface area contributed by atoms with Gasteiger partial charge in [-0.25, -0.2) is 8.42 Å². The number of anilines is 1. The van der Waals surface area contributed by atoms with Gasteiger partial charge >= 0.3 is 0 Å². The summed E-state index contributed by atoms with van der Waals surface area (Å²) < 4.78 is 23.0. The fourth-order valence-electron chi connectivity index (χ4n) is 1.98. The second-order valence-corrected chi connectivity index (χ2v) is 6.37. The van der Waals surface area contributed by atoms with E-state index in [4.69, 9.17) is 0 Å². The first-order valence-corrected chi connectivity index (χ1v) is 6.96. The number of hydrogen-bond donors (Lipinski definition) is 0. The Bertz CT molecular complexity index is 510. The summed E-state index contributed by atoms with van der Waals surface area (Å²) in [5, 5.41) is -0.493. The van der Waals surface area contributed by atoms with Gasteiger partial charge in [-0.3, -0.25) is 4.79 Å². The Labute approximate surface area is 94.8 Å². The zero-order valence-corrected chi connectivity index (χ0v) is 9.78. The minimum absolute atomic E-state index is 0.249. The molecule has 0 radical (unpaired) electrons. The van der Waals surface area contributed by atoms with Crippen LogP contribution in [0.25, 0.3) is 0 Å². The second-order valence-electron chi connectivity index (χ2n) is 4.04. The summed E-state index contributed by atoms with van der Waals surface area (Å²) in [6.07, 6.45) is 2.39. The molecule has 1 heterocycles. The van der Waals surface area contributed by atoms with E-state index in [1.165, 1.54) is 11.2 Å². The first-order valence-electron chi connectivity index (χ1n) is 5.01. The highest BCUT2D eigenvalue weighted by Crippen LogP contribution is 2.27. The van der Waals surface area contributed by atoms with E-state index in [0.717, 1.165) is 11.3 Å². The molecule has 0 fully saturated rings. The van der Waals surface area contributed by atoms with Gasteiger partial charge in [0.05, 0.1) is 5.25 Å². The highest BCUT2D eigenvalue weighted by Gasteiger charge is 2.30. The van der Waals surface area contributed by atoms with Gasteiger partial charge in [-0.05, 0) is 18.1 Å². The molecule has 4 nitrogen and oxygen atoms in total. The zero-order chi connectivity index (χ0) is 11.8. The molecule has 1 aromatic carbocycles. The minimum atomic E-state index is -3.11. The van der Waals surface area contributed by atoms with Gasteiger partial charge in [0, 0.05) is 18.5 Å². The largest absolute Gasteiger partial charge is 0.313 e. The van der Waals surface area contributed by atoms with Crippen LogP contribution in [0.5, 0.6) is 0 Å². The number of sulfone groups is 1. The lowest BCUT2D eigenvalue weighted by Gasteiger charge is -2.30. The lowest BCUT2D eigenvalue weighted by molar-refractivity contribution is -0.107. The molecule has 0 saturated heterocycles. The summed E-state index contributed by atoms with van der Waals surface area (Å²) in [6.45, 7) is 0.249. The maximum Gasteiger partial charge on any atom is 0.214 e. The molecule has 1 aromatic rings. The minimum Gasteiger partial charge on any atom is -0.313 e. The molecule has 0 N–H and O–H groups in total. The molecule has 0 aliphatic carbocycles. The molecule has 0 spiro atoms. The van der Waals surface area contributed by atoms with Gasteiger partial charge in [0.1, 0.15) is 0 Å². The fourth-order valence-corrected chi connectivity index (χ4v) is 2.89. The number of para-hydroxylation sites is 1. The SMILES string of the molecule is CS(=O)(=O)C1Cc2ccccc2N(C=O)C1. The lowest BCUT2D eigenvalue weighted by atomic mass is 10.0. The average Bonchev–Trinajstić information content (AvgIpc) is 2.26. The Morgan fingerprint density at radius 2 is 2.06 bits per heavy atom. The quantitative estimate of drug-likeness (QED) is 0.711. The van der Waals surface area contributed by atoms with Crippen molar-refractivity contribution in [2.45, 2.75) is 11.7 Å². The third kappa shape index (κ3) is 1.95. The molecule has 86 valence electrons. The number of fused-ring (bicyclic) bond motifs is 1. The van der Waals surface area contributed by atoms with E-state index in [-0.39, 0.29) is 6.54 Å². The van der Waals surface area contributed by atoms with E-state index >= 15 is 0 Å². The summed E-state index contributed by atoms with van der Waals surface area (Å²) in [4.78, 5) is 12.4. The van der Waals surface area contributed by atoms with Crippen molar-refractivity contribution < 1.29 is 13.2 Å². The lowest BCUT2D eigenvalue weighted by Crippen LogP contribution is -2.41. The topological polar surface area (TPSA) is 54.5 Å². The van der Waals surface area contributed by atoms with E-state index in [9.17, 15) is 13.2 Å². The van der Waals surface area contributed by atoms with Gasteiger partial charge in [-0.1, -0.05) is 18.2 Å². The van der Waals surface area contributed by atoms with E-state index in [1.807, 2.05) is 24.3 Å². The highest BCUT2D eigenvalue weighted by atomic mass is 32.2. The number of benzene rings is 1. The van der Waals surface area contributed by atoms with E-state index in [2.05, 4.69) is 0 Å². The van der Waals surface area contributed by atoms with E-state index < -0.39 is 15.1 Å². The van der Waals surface area contributed by atoms with Crippen molar-refractivity contribution in [3.63, 3.8) is 0 Å². The van der Waals surface area contributed by atoms with Crippen LogP contribution in [0, 0.1) is 0 Å². The number of carbonyl (C=O) groups is 1. The Morgan fingerprint density at radius 3 is 2.69 bits per heavy atom. The Kier molecular flexibility index (Phi) is 2.71. The van der Waals surface area contributed by atoms with E-state index in [1.54, 1.807) is 0 Å². The maximum absolute atomic E-state index is 11.5. The van der Waals surface area contributed by atoms with Crippen molar-refractivity contribution in [3.05, 3.63) is 29.8 Å². The summed E-state index contributed by atoms with van der Waals surface area (Å²) in [5.41, 5.74) is 1.73. The molecule has 1 aliphatic rings. The summed E-state index contributed by atoms with van der Waals surface area (Å²) in [6, 6.07) is 7.40. The Balaban J connectivity index is 2.43. The molecule has 1 atom stereocenters. The molecule has 1 aliphatic heterocycles. The van der Waals surface area contributed by atoms with Crippen LogP contribution in [0.3, 0.4) is 0 Å². The smallest absolute Gasteiger partial charge is 0.214 e. The van der Waals surface area contributed by atoms with Crippen LogP contribution < -0.4 is 4.90 Å².